The highest BCUT2D eigenvalue weighted by molar-refractivity contribution is 6.11. The summed E-state index contributed by atoms with van der Waals surface area (Å²) in [6.45, 7) is 1.88. The number of nitrogens with one attached hydrogen (secondary N) is 2. The number of fused-ring (bicyclic) bond motifs is 1. The molecule has 0 aliphatic carbocycles. The van der Waals surface area contributed by atoms with E-state index in [1.165, 1.54) is 0 Å². The SMILES string of the molecule is Cc1cnc(NC(=O)c2cccc3ncccc23)[nH]1. The highest BCUT2D eigenvalue weighted by atomic mass is 16.1. The Bertz CT molecular complexity index is 743. The van der Waals surface area contributed by atoms with Gasteiger partial charge in [-0.05, 0) is 25.1 Å². The van der Waals surface area contributed by atoms with Crippen LogP contribution in [0.3, 0.4) is 0 Å². The minimum absolute atomic E-state index is 0.201. The minimum atomic E-state index is -0.201. The van der Waals surface area contributed by atoms with Gasteiger partial charge in [0.1, 0.15) is 0 Å². The third kappa shape index (κ3) is 2.18. The van der Waals surface area contributed by atoms with E-state index in [1.807, 2.05) is 31.2 Å². The molecule has 0 fully saturated rings. The second kappa shape index (κ2) is 4.53. The summed E-state index contributed by atoms with van der Waals surface area (Å²) in [5, 5.41) is 3.56. The van der Waals surface area contributed by atoms with Gasteiger partial charge in [0.25, 0.3) is 5.91 Å². The Morgan fingerprint density at radius 3 is 2.89 bits per heavy atom. The summed E-state index contributed by atoms with van der Waals surface area (Å²) in [5.74, 6) is 0.247. The molecule has 0 radical (unpaired) electrons. The first-order chi connectivity index (χ1) is 9.24. The maximum absolute atomic E-state index is 12.2. The number of imidazole rings is 1. The predicted molar refractivity (Wildman–Crippen MR) is 73.0 cm³/mol. The average molecular weight is 252 g/mol. The normalized spacial score (nSPS) is 10.6. The van der Waals surface area contributed by atoms with Crippen molar-refractivity contribution in [3.8, 4) is 0 Å². The molecule has 0 bridgehead atoms. The molecule has 19 heavy (non-hydrogen) atoms. The standard InChI is InChI=1S/C14H12N4O/c1-9-8-16-14(17-9)18-13(19)11-4-2-6-12-10(11)5-3-7-15-12/h2-8H,1H3,(H2,16,17,18,19). The van der Waals surface area contributed by atoms with Crippen LogP contribution in [0.15, 0.2) is 42.7 Å². The van der Waals surface area contributed by atoms with Gasteiger partial charge in [-0.3, -0.25) is 15.1 Å². The van der Waals surface area contributed by atoms with Crippen molar-refractivity contribution in [1.29, 1.82) is 0 Å². The summed E-state index contributed by atoms with van der Waals surface area (Å²) in [5.41, 5.74) is 2.28. The van der Waals surface area contributed by atoms with E-state index < -0.39 is 0 Å². The van der Waals surface area contributed by atoms with Crippen molar-refractivity contribution >= 4 is 22.8 Å². The Morgan fingerprint density at radius 1 is 1.21 bits per heavy atom. The molecule has 0 atom stereocenters. The van der Waals surface area contributed by atoms with Crippen LogP contribution in [-0.4, -0.2) is 20.9 Å². The van der Waals surface area contributed by atoms with E-state index >= 15 is 0 Å². The summed E-state index contributed by atoms with van der Waals surface area (Å²) < 4.78 is 0. The zero-order valence-electron chi connectivity index (χ0n) is 10.3. The van der Waals surface area contributed by atoms with Gasteiger partial charge in [0, 0.05) is 29.0 Å². The van der Waals surface area contributed by atoms with E-state index in [1.54, 1.807) is 18.5 Å². The lowest BCUT2D eigenvalue weighted by atomic mass is 10.1. The topological polar surface area (TPSA) is 70.7 Å². The second-order valence-electron chi connectivity index (χ2n) is 4.24. The molecule has 0 saturated carbocycles. The lowest BCUT2D eigenvalue weighted by Gasteiger charge is -2.05. The lowest BCUT2D eigenvalue weighted by molar-refractivity contribution is 0.102. The van der Waals surface area contributed by atoms with Gasteiger partial charge in [-0.1, -0.05) is 12.1 Å². The number of H-pyrrole nitrogens is 1. The molecule has 3 aromatic rings. The van der Waals surface area contributed by atoms with E-state index in [2.05, 4.69) is 20.3 Å². The molecule has 94 valence electrons. The largest absolute Gasteiger partial charge is 0.328 e. The van der Waals surface area contributed by atoms with Crippen molar-refractivity contribution in [2.75, 3.05) is 5.32 Å². The third-order valence-electron chi connectivity index (χ3n) is 2.83. The van der Waals surface area contributed by atoms with Crippen LogP contribution in [0.1, 0.15) is 16.1 Å². The van der Waals surface area contributed by atoms with Crippen LogP contribution in [0.25, 0.3) is 10.9 Å². The fraction of sp³-hybridized carbons (Fsp3) is 0.0714. The first-order valence-corrected chi connectivity index (χ1v) is 5.91. The summed E-state index contributed by atoms with van der Waals surface area (Å²) in [6.07, 6.45) is 3.38. The molecule has 2 heterocycles. The van der Waals surface area contributed by atoms with Gasteiger partial charge in [-0.15, -0.1) is 0 Å². The van der Waals surface area contributed by atoms with Crippen LogP contribution in [0.4, 0.5) is 5.95 Å². The van der Waals surface area contributed by atoms with E-state index in [-0.39, 0.29) is 5.91 Å². The van der Waals surface area contributed by atoms with Gasteiger partial charge in [-0.25, -0.2) is 4.98 Å². The Morgan fingerprint density at radius 2 is 2.11 bits per heavy atom. The Kier molecular flexibility index (Phi) is 2.72. The molecule has 0 aliphatic heterocycles. The summed E-state index contributed by atoms with van der Waals surface area (Å²) >= 11 is 0. The molecule has 5 nitrogen and oxygen atoms in total. The minimum Gasteiger partial charge on any atom is -0.328 e. The number of nitrogens with zero attached hydrogens (tertiary/aromatic N) is 2. The van der Waals surface area contributed by atoms with E-state index in [0.29, 0.717) is 11.5 Å². The molecule has 5 heteroatoms. The van der Waals surface area contributed by atoms with Gasteiger partial charge >= 0.3 is 0 Å². The zero-order valence-corrected chi connectivity index (χ0v) is 10.3. The number of rotatable bonds is 2. The predicted octanol–water partition coefficient (Wildman–Crippen LogP) is 2.52. The third-order valence-corrected chi connectivity index (χ3v) is 2.83. The van der Waals surface area contributed by atoms with Gasteiger partial charge in [0.2, 0.25) is 5.95 Å². The fourth-order valence-electron chi connectivity index (χ4n) is 1.95. The molecule has 1 amide bonds. The fourth-order valence-corrected chi connectivity index (χ4v) is 1.95. The highest BCUT2D eigenvalue weighted by Gasteiger charge is 2.11. The number of pyridine rings is 1. The van der Waals surface area contributed by atoms with Gasteiger partial charge in [0.05, 0.1) is 5.52 Å². The van der Waals surface area contributed by atoms with Crippen LogP contribution in [0.5, 0.6) is 0 Å². The quantitative estimate of drug-likeness (QED) is 0.736. The molecular weight excluding hydrogens is 240 g/mol. The Hall–Kier alpha value is -2.69. The van der Waals surface area contributed by atoms with Crippen molar-refractivity contribution in [1.82, 2.24) is 15.0 Å². The number of benzene rings is 1. The van der Waals surface area contributed by atoms with Crippen LogP contribution in [0.2, 0.25) is 0 Å². The maximum atomic E-state index is 12.2. The van der Waals surface area contributed by atoms with E-state index in [9.17, 15) is 4.79 Å². The molecule has 0 aliphatic rings. The monoisotopic (exact) mass is 252 g/mol. The molecule has 2 aromatic heterocycles. The van der Waals surface area contributed by atoms with Crippen molar-refractivity contribution < 1.29 is 4.79 Å². The molecule has 1 aromatic carbocycles. The Labute approximate surface area is 109 Å². The average Bonchev–Trinajstić information content (AvgIpc) is 2.83. The van der Waals surface area contributed by atoms with E-state index in [4.69, 9.17) is 0 Å². The number of amides is 1. The number of carbonyl (C=O) groups is 1. The van der Waals surface area contributed by atoms with Crippen molar-refractivity contribution in [2.24, 2.45) is 0 Å². The molecule has 0 saturated heterocycles. The Balaban J connectivity index is 1.97. The van der Waals surface area contributed by atoms with Gasteiger partial charge < -0.3 is 4.98 Å². The van der Waals surface area contributed by atoms with Crippen molar-refractivity contribution in [2.45, 2.75) is 6.92 Å². The molecule has 3 rings (SSSR count). The van der Waals surface area contributed by atoms with Crippen molar-refractivity contribution in [3.05, 3.63) is 54.0 Å². The van der Waals surface area contributed by atoms with Crippen LogP contribution < -0.4 is 5.32 Å². The number of aryl methyl sites for hydroxylation is 1. The number of aromatic nitrogens is 3. The second-order valence-corrected chi connectivity index (χ2v) is 4.24. The lowest BCUT2D eigenvalue weighted by Crippen LogP contribution is -2.13. The van der Waals surface area contributed by atoms with Gasteiger partial charge in [0.15, 0.2) is 0 Å². The number of anilines is 1. The van der Waals surface area contributed by atoms with E-state index in [0.717, 1.165) is 16.6 Å². The van der Waals surface area contributed by atoms with Crippen LogP contribution in [-0.2, 0) is 0 Å². The number of hydrogen-bond donors (Lipinski definition) is 2. The van der Waals surface area contributed by atoms with Crippen LogP contribution in [0, 0.1) is 6.92 Å². The summed E-state index contributed by atoms with van der Waals surface area (Å²) in [7, 11) is 0. The molecule has 0 unspecified atom stereocenters. The molecule has 0 spiro atoms. The van der Waals surface area contributed by atoms with Gasteiger partial charge in [-0.2, -0.15) is 0 Å². The van der Waals surface area contributed by atoms with Crippen LogP contribution >= 0.6 is 0 Å². The maximum Gasteiger partial charge on any atom is 0.258 e. The number of hydrogen-bond acceptors (Lipinski definition) is 3. The molecular formula is C14H12N4O. The summed E-state index contributed by atoms with van der Waals surface area (Å²) in [6, 6.07) is 9.16. The van der Waals surface area contributed by atoms with Crippen molar-refractivity contribution in [3.63, 3.8) is 0 Å². The highest BCUT2D eigenvalue weighted by Crippen LogP contribution is 2.17. The number of aromatic amines is 1. The smallest absolute Gasteiger partial charge is 0.258 e. The molecule has 2 N–H and O–H groups in total. The first-order valence-electron chi connectivity index (χ1n) is 5.91. The summed E-state index contributed by atoms with van der Waals surface area (Å²) in [4.78, 5) is 23.5. The number of carbonyl (C=O) groups excluding carboxylic acids is 1. The first kappa shape index (κ1) is 11.4. The zero-order chi connectivity index (χ0) is 13.2.